The molecule has 2 heterocycles. The Kier molecular flexibility index (Phi) is 5.68. The number of fused-ring (bicyclic) bond motifs is 1. The molecule has 0 unspecified atom stereocenters. The van der Waals surface area contributed by atoms with Crippen molar-refractivity contribution in [2.45, 2.75) is 32.0 Å². The van der Waals surface area contributed by atoms with Crippen LogP contribution in [0.2, 0.25) is 0 Å². The molecule has 0 radical (unpaired) electrons. The van der Waals surface area contributed by atoms with Crippen molar-refractivity contribution in [1.82, 2.24) is 15.2 Å². The molecule has 0 spiro atoms. The second kappa shape index (κ2) is 8.14. The zero-order valence-electron chi connectivity index (χ0n) is 14.7. The number of likely N-dealkylation sites (tertiary alicyclic amines) is 1. The average molecular weight is 357 g/mol. The molecule has 2 N–H and O–H groups in total. The van der Waals surface area contributed by atoms with E-state index in [1.54, 1.807) is 17.3 Å². The molecule has 138 valence electrons. The number of nitrogens with zero attached hydrogens (tertiary/aromatic N) is 2. The number of aliphatic hydroxyl groups is 1. The SMILES string of the molecule is CC(=O)NCCC(=O)N1CC[C@@H](Oc2ccc3ccncc3c2)[C@H](O)C1. The predicted octanol–water partition coefficient (Wildman–Crippen LogP) is 1.10. The number of ether oxygens (including phenoxy) is 1. The Balaban J connectivity index is 1.54. The highest BCUT2D eigenvalue weighted by Gasteiger charge is 2.31. The first kappa shape index (κ1) is 18.1. The molecular weight excluding hydrogens is 334 g/mol. The monoisotopic (exact) mass is 357 g/mol. The molecule has 0 aliphatic carbocycles. The normalized spacial score (nSPS) is 20.0. The molecule has 0 bridgehead atoms. The minimum atomic E-state index is -0.752. The molecule has 1 aromatic heterocycles. The lowest BCUT2D eigenvalue weighted by molar-refractivity contribution is -0.136. The predicted molar refractivity (Wildman–Crippen MR) is 96.7 cm³/mol. The van der Waals surface area contributed by atoms with Crippen molar-refractivity contribution in [3.8, 4) is 5.75 Å². The molecule has 7 heteroatoms. The second-order valence-corrected chi connectivity index (χ2v) is 6.47. The van der Waals surface area contributed by atoms with Gasteiger partial charge < -0.3 is 20.1 Å². The maximum absolute atomic E-state index is 12.2. The second-order valence-electron chi connectivity index (χ2n) is 6.47. The van der Waals surface area contributed by atoms with E-state index in [1.807, 2.05) is 24.3 Å². The Morgan fingerprint density at radius 2 is 2.19 bits per heavy atom. The zero-order valence-corrected chi connectivity index (χ0v) is 14.7. The summed E-state index contributed by atoms with van der Waals surface area (Å²) in [6.07, 6.45) is 3.19. The minimum Gasteiger partial charge on any atom is -0.488 e. The molecule has 0 saturated carbocycles. The number of carbonyl (C=O) groups excluding carboxylic acids is 2. The van der Waals surface area contributed by atoms with E-state index in [1.165, 1.54) is 6.92 Å². The Hall–Kier alpha value is -2.67. The van der Waals surface area contributed by atoms with E-state index in [9.17, 15) is 14.7 Å². The third-order valence-corrected chi connectivity index (χ3v) is 4.49. The minimum absolute atomic E-state index is 0.0759. The quantitative estimate of drug-likeness (QED) is 0.836. The number of carbonyl (C=O) groups is 2. The van der Waals surface area contributed by atoms with Crippen LogP contribution in [-0.2, 0) is 9.59 Å². The Labute approximate surface area is 152 Å². The number of hydrogen-bond donors (Lipinski definition) is 2. The Morgan fingerprint density at radius 3 is 2.96 bits per heavy atom. The summed E-state index contributed by atoms with van der Waals surface area (Å²) >= 11 is 0. The first-order valence-corrected chi connectivity index (χ1v) is 8.73. The van der Waals surface area contributed by atoms with E-state index in [0.717, 1.165) is 10.8 Å². The van der Waals surface area contributed by atoms with Gasteiger partial charge >= 0.3 is 0 Å². The third kappa shape index (κ3) is 4.49. The van der Waals surface area contributed by atoms with Gasteiger partial charge in [-0.1, -0.05) is 6.07 Å². The van der Waals surface area contributed by atoms with Crippen LogP contribution < -0.4 is 10.1 Å². The van der Waals surface area contributed by atoms with Gasteiger partial charge in [0.1, 0.15) is 18.0 Å². The Bertz CT molecular complexity index is 795. The molecule has 2 amide bonds. The van der Waals surface area contributed by atoms with Crippen molar-refractivity contribution in [1.29, 1.82) is 0 Å². The van der Waals surface area contributed by atoms with Crippen LogP contribution in [0, 0.1) is 0 Å². The van der Waals surface area contributed by atoms with Gasteiger partial charge in [-0.05, 0) is 23.6 Å². The van der Waals surface area contributed by atoms with Crippen LogP contribution >= 0.6 is 0 Å². The van der Waals surface area contributed by atoms with Crippen LogP contribution in [0.15, 0.2) is 36.7 Å². The number of aromatic nitrogens is 1. The van der Waals surface area contributed by atoms with E-state index >= 15 is 0 Å². The highest BCUT2D eigenvalue weighted by molar-refractivity contribution is 5.82. The molecule has 1 fully saturated rings. The van der Waals surface area contributed by atoms with E-state index in [0.29, 0.717) is 25.3 Å². The van der Waals surface area contributed by atoms with Crippen molar-refractivity contribution in [3.05, 3.63) is 36.7 Å². The molecule has 1 aliphatic heterocycles. The zero-order chi connectivity index (χ0) is 18.5. The van der Waals surface area contributed by atoms with Crippen LogP contribution in [-0.4, -0.2) is 58.6 Å². The summed E-state index contributed by atoms with van der Waals surface area (Å²) in [6, 6.07) is 7.67. The molecular formula is C19H23N3O4. The number of amides is 2. The van der Waals surface area contributed by atoms with Crippen LogP contribution in [0.4, 0.5) is 0 Å². The number of pyridine rings is 1. The summed E-state index contributed by atoms with van der Waals surface area (Å²) in [7, 11) is 0. The van der Waals surface area contributed by atoms with Gasteiger partial charge in [0.2, 0.25) is 11.8 Å². The maximum atomic E-state index is 12.2. The summed E-state index contributed by atoms with van der Waals surface area (Å²) in [4.78, 5) is 28.7. The van der Waals surface area contributed by atoms with Crippen molar-refractivity contribution >= 4 is 22.6 Å². The smallest absolute Gasteiger partial charge is 0.224 e. The molecule has 1 aliphatic rings. The molecule has 26 heavy (non-hydrogen) atoms. The highest BCUT2D eigenvalue weighted by atomic mass is 16.5. The number of piperidine rings is 1. The van der Waals surface area contributed by atoms with Gasteiger partial charge in [0, 0.05) is 50.6 Å². The summed E-state index contributed by atoms with van der Waals surface area (Å²) in [6.45, 7) is 2.49. The van der Waals surface area contributed by atoms with Gasteiger partial charge in [-0.15, -0.1) is 0 Å². The van der Waals surface area contributed by atoms with Crippen molar-refractivity contribution < 1.29 is 19.4 Å². The van der Waals surface area contributed by atoms with E-state index < -0.39 is 6.10 Å². The summed E-state index contributed by atoms with van der Waals surface area (Å²) in [5, 5.41) is 15.0. The maximum Gasteiger partial charge on any atom is 0.224 e. The first-order chi connectivity index (χ1) is 12.5. The summed E-state index contributed by atoms with van der Waals surface area (Å²) < 4.78 is 5.94. The lowest BCUT2D eigenvalue weighted by atomic mass is 10.0. The first-order valence-electron chi connectivity index (χ1n) is 8.73. The fourth-order valence-corrected chi connectivity index (χ4v) is 3.09. The van der Waals surface area contributed by atoms with Crippen LogP contribution in [0.1, 0.15) is 19.8 Å². The molecule has 2 atom stereocenters. The molecule has 1 aromatic carbocycles. The van der Waals surface area contributed by atoms with Gasteiger partial charge in [-0.25, -0.2) is 0 Å². The standard InChI is InChI=1S/C19H23N3O4/c1-13(23)21-8-5-19(25)22-9-6-18(17(24)12-22)26-16-3-2-14-4-7-20-11-15(14)10-16/h2-4,7,10-11,17-18,24H,5-6,8-9,12H2,1H3,(H,21,23)/t17-,18-/m1/s1. The summed E-state index contributed by atoms with van der Waals surface area (Å²) in [5.41, 5.74) is 0. The third-order valence-electron chi connectivity index (χ3n) is 4.49. The summed E-state index contributed by atoms with van der Waals surface area (Å²) in [5.74, 6) is 0.448. The van der Waals surface area contributed by atoms with E-state index in [4.69, 9.17) is 4.74 Å². The van der Waals surface area contributed by atoms with Crippen molar-refractivity contribution in [2.24, 2.45) is 0 Å². The Morgan fingerprint density at radius 1 is 1.35 bits per heavy atom. The lowest BCUT2D eigenvalue weighted by Gasteiger charge is -2.36. The fraction of sp³-hybridized carbons (Fsp3) is 0.421. The molecule has 2 aromatic rings. The van der Waals surface area contributed by atoms with E-state index in [-0.39, 0.29) is 30.9 Å². The van der Waals surface area contributed by atoms with Gasteiger partial charge in [0.05, 0.1) is 6.54 Å². The highest BCUT2D eigenvalue weighted by Crippen LogP contribution is 2.24. The molecule has 1 saturated heterocycles. The lowest BCUT2D eigenvalue weighted by Crippen LogP contribution is -2.51. The van der Waals surface area contributed by atoms with Crippen LogP contribution in [0.25, 0.3) is 10.8 Å². The molecule has 3 rings (SSSR count). The number of aliphatic hydroxyl groups excluding tert-OH is 1. The average Bonchev–Trinajstić information content (AvgIpc) is 2.63. The largest absolute Gasteiger partial charge is 0.488 e. The fourth-order valence-electron chi connectivity index (χ4n) is 3.09. The number of rotatable bonds is 5. The van der Waals surface area contributed by atoms with Crippen molar-refractivity contribution in [3.63, 3.8) is 0 Å². The van der Waals surface area contributed by atoms with Gasteiger partial charge in [-0.2, -0.15) is 0 Å². The number of hydrogen-bond acceptors (Lipinski definition) is 5. The van der Waals surface area contributed by atoms with Gasteiger partial charge in [0.25, 0.3) is 0 Å². The molecule has 7 nitrogen and oxygen atoms in total. The van der Waals surface area contributed by atoms with Gasteiger partial charge in [-0.3, -0.25) is 14.6 Å². The van der Waals surface area contributed by atoms with Gasteiger partial charge in [0.15, 0.2) is 0 Å². The van der Waals surface area contributed by atoms with Crippen LogP contribution in [0.5, 0.6) is 5.75 Å². The topological polar surface area (TPSA) is 91.8 Å². The van der Waals surface area contributed by atoms with Crippen LogP contribution in [0.3, 0.4) is 0 Å². The number of benzene rings is 1. The number of nitrogens with one attached hydrogen (secondary N) is 1. The van der Waals surface area contributed by atoms with Crippen molar-refractivity contribution in [2.75, 3.05) is 19.6 Å². The van der Waals surface area contributed by atoms with E-state index in [2.05, 4.69) is 10.3 Å². The number of β-amino-alcohol motifs (C(OH)–C–C–N with tert-alkyl or cyclic N) is 1.